The van der Waals surface area contributed by atoms with Gasteiger partial charge in [0.1, 0.15) is 25.2 Å². The Kier molecular flexibility index (Phi) is 5.19. The Morgan fingerprint density at radius 3 is 2.76 bits per heavy atom. The lowest BCUT2D eigenvalue weighted by Gasteiger charge is -2.11. The summed E-state index contributed by atoms with van der Waals surface area (Å²) in [5.41, 5.74) is 1.01. The number of benzene rings is 1. The molecule has 1 aromatic heterocycles. The van der Waals surface area contributed by atoms with E-state index in [9.17, 15) is 4.79 Å². The van der Waals surface area contributed by atoms with E-state index >= 15 is 0 Å². The zero-order valence-electron chi connectivity index (χ0n) is 11.6. The van der Waals surface area contributed by atoms with Crippen LogP contribution in [0.3, 0.4) is 0 Å². The molecule has 0 N–H and O–H groups in total. The van der Waals surface area contributed by atoms with E-state index in [0.717, 1.165) is 0 Å². The molecule has 0 spiro atoms. The molecule has 1 aromatic carbocycles. The smallest absolute Gasteiger partial charge is 0.180 e. The fourth-order valence-corrected chi connectivity index (χ4v) is 2.00. The Hall–Kier alpha value is -2.05. The molecule has 6 nitrogen and oxygen atoms in total. The summed E-state index contributed by atoms with van der Waals surface area (Å²) in [5.74, 6) is 1.33. The quantitative estimate of drug-likeness (QED) is 0.732. The van der Waals surface area contributed by atoms with Crippen molar-refractivity contribution in [3.63, 3.8) is 0 Å². The van der Waals surface area contributed by atoms with Gasteiger partial charge in [-0.1, -0.05) is 16.8 Å². The SMILES string of the molecule is COCc1cc(COc2c(Cl)cc(C=O)cc2OC)no1. The zero-order chi connectivity index (χ0) is 15.2. The van der Waals surface area contributed by atoms with Crippen molar-refractivity contribution >= 4 is 17.9 Å². The van der Waals surface area contributed by atoms with Crippen molar-refractivity contribution < 1.29 is 23.5 Å². The molecule has 0 aliphatic heterocycles. The van der Waals surface area contributed by atoms with Gasteiger partial charge in [-0.2, -0.15) is 0 Å². The number of hydrogen-bond donors (Lipinski definition) is 0. The van der Waals surface area contributed by atoms with Crippen LogP contribution in [0.2, 0.25) is 5.02 Å². The third-order valence-corrected chi connectivity index (χ3v) is 2.93. The maximum atomic E-state index is 10.8. The van der Waals surface area contributed by atoms with Crippen molar-refractivity contribution in [1.82, 2.24) is 5.16 Å². The van der Waals surface area contributed by atoms with Crippen LogP contribution in [0.4, 0.5) is 0 Å². The lowest BCUT2D eigenvalue weighted by Crippen LogP contribution is -1.99. The largest absolute Gasteiger partial charge is 0.493 e. The maximum Gasteiger partial charge on any atom is 0.180 e. The Labute approximate surface area is 126 Å². The Morgan fingerprint density at radius 2 is 2.10 bits per heavy atom. The van der Waals surface area contributed by atoms with Crippen LogP contribution in [0.25, 0.3) is 0 Å². The van der Waals surface area contributed by atoms with E-state index < -0.39 is 0 Å². The van der Waals surface area contributed by atoms with Crippen LogP contribution < -0.4 is 9.47 Å². The fraction of sp³-hybridized carbons (Fsp3) is 0.286. The molecule has 0 unspecified atom stereocenters. The topological polar surface area (TPSA) is 70.8 Å². The lowest BCUT2D eigenvalue weighted by atomic mass is 10.2. The fourth-order valence-electron chi connectivity index (χ4n) is 1.73. The molecule has 0 aliphatic rings. The molecule has 112 valence electrons. The first-order valence-corrected chi connectivity index (χ1v) is 6.44. The first kappa shape index (κ1) is 15.3. The molecule has 0 aliphatic carbocycles. The van der Waals surface area contributed by atoms with E-state index in [1.165, 1.54) is 13.2 Å². The van der Waals surface area contributed by atoms with Gasteiger partial charge in [-0.25, -0.2) is 0 Å². The minimum atomic E-state index is 0.156. The summed E-state index contributed by atoms with van der Waals surface area (Å²) in [7, 11) is 3.04. The molecular formula is C14H14ClNO5. The zero-order valence-corrected chi connectivity index (χ0v) is 12.3. The minimum Gasteiger partial charge on any atom is -0.493 e. The van der Waals surface area contributed by atoms with Gasteiger partial charge in [0.25, 0.3) is 0 Å². The Balaban J connectivity index is 2.13. The van der Waals surface area contributed by atoms with E-state index in [0.29, 0.717) is 41.4 Å². The highest BCUT2D eigenvalue weighted by atomic mass is 35.5. The molecular weight excluding hydrogens is 298 g/mol. The number of aromatic nitrogens is 1. The molecule has 2 aromatic rings. The second-order valence-electron chi connectivity index (χ2n) is 4.16. The van der Waals surface area contributed by atoms with Crippen LogP contribution in [0.15, 0.2) is 22.7 Å². The predicted molar refractivity (Wildman–Crippen MR) is 74.9 cm³/mol. The van der Waals surface area contributed by atoms with Gasteiger partial charge >= 0.3 is 0 Å². The molecule has 0 atom stereocenters. The second kappa shape index (κ2) is 7.10. The van der Waals surface area contributed by atoms with Crippen molar-refractivity contribution in [1.29, 1.82) is 0 Å². The summed E-state index contributed by atoms with van der Waals surface area (Å²) >= 11 is 6.09. The van der Waals surface area contributed by atoms with Crippen molar-refractivity contribution in [2.75, 3.05) is 14.2 Å². The standard InChI is InChI=1S/C14H14ClNO5/c1-18-8-11-5-10(16-21-11)7-20-14-12(15)3-9(6-17)4-13(14)19-2/h3-6H,7-8H2,1-2H3. The van der Waals surface area contributed by atoms with Crippen LogP contribution in [-0.4, -0.2) is 25.7 Å². The summed E-state index contributed by atoms with van der Waals surface area (Å²) in [6, 6.07) is 4.78. The molecule has 21 heavy (non-hydrogen) atoms. The highest BCUT2D eigenvalue weighted by molar-refractivity contribution is 6.32. The third kappa shape index (κ3) is 3.74. The van der Waals surface area contributed by atoms with Gasteiger partial charge in [-0.3, -0.25) is 4.79 Å². The van der Waals surface area contributed by atoms with Gasteiger partial charge in [0.2, 0.25) is 0 Å². The summed E-state index contributed by atoms with van der Waals surface area (Å²) in [6.07, 6.45) is 0.687. The number of halogens is 1. The summed E-state index contributed by atoms with van der Waals surface area (Å²) in [6.45, 7) is 0.495. The molecule has 0 bridgehead atoms. The number of aldehydes is 1. The van der Waals surface area contributed by atoms with Gasteiger partial charge in [-0.05, 0) is 12.1 Å². The van der Waals surface area contributed by atoms with Gasteiger partial charge in [-0.15, -0.1) is 0 Å². The van der Waals surface area contributed by atoms with Crippen LogP contribution in [-0.2, 0) is 18.0 Å². The first-order chi connectivity index (χ1) is 10.2. The molecule has 0 radical (unpaired) electrons. The minimum absolute atomic E-state index is 0.156. The van der Waals surface area contributed by atoms with E-state index in [1.54, 1.807) is 19.2 Å². The second-order valence-corrected chi connectivity index (χ2v) is 4.57. The number of carbonyl (C=O) groups is 1. The van der Waals surface area contributed by atoms with Gasteiger partial charge in [0.15, 0.2) is 17.3 Å². The van der Waals surface area contributed by atoms with Gasteiger partial charge in [0, 0.05) is 18.7 Å². The number of methoxy groups -OCH3 is 2. The average Bonchev–Trinajstić information content (AvgIpc) is 2.93. The molecule has 0 amide bonds. The molecule has 2 rings (SSSR count). The third-order valence-electron chi connectivity index (χ3n) is 2.65. The lowest BCUT2D eigenvalue weighted by molar-refractivity contribution is 0.112. The number of rotatable bonds is 7. The van der Waals surface area contributed by atoms with E-state index in [-0.39, 0.29) is 11.6 Å². The van der Waals surface area contributed by atoms with Gasteiger partial charge < -0.3 is 18.7 Å². The highest BCUT2D eigenvalue weighted by Gasteiger charge is 2.13. The van der Waals surface area contributed by atoms with E-state index in [4.69, 9.17) is 30.3 Å². The Morgan fingerprint density at radius 1 is 1.29 bits per heavy atom. The number of hydrogen-bond acceptors (Lipinski definition) is 6. The molecule has 1 heterocycles. The number of ether oxygens (including phenoxy) is 3. The van der Waals surface area contributed by atoms with Crippen LogP contribution in [0.1, 0.15) is 21.8 Å². The molecule has 7 heteroatoms. The van der Waals surface area contributed by atoms with Crippen molar-refractivity contribution in [3.05, 3.63) is 40.2 Å². The summed E-state index contributed by atoms with van der Waals surface area (Å²) in [5, 5.41) is 4.14. The number of nitrogens with zero attached hydrogens (tertiary/aromatic N) is 1. The van der Waals surface area contributed by atoms with Crippen LogP contribution in [0, 0.1) is 0 Å². The average molecular weight is 312 g/mol. The van der Waals surface area contributed by atoms with Crippen LogP contribution in [0.5, 0.6) is 11.5 Å². The maximum absolute atomic E-state index is 10.8. The predicted octanol–water partition coefficient (Wildman–Crippen LogP) is 2.87. The normalized spacial score (nSPS) is 10.4. The molecule has 0 saturated heterocycles. The highest BCUT2D eigenvalue weighted by Crippen LogP contribution is 2.36. The van der Waals surface area contributed by atoms with Crippen molar-refractivity contribution in [2.24, 2.45) is 0 Å². The summed E-state index contributed by atoms with van der Waals surface area (Å²) in [4.78, 5) is 10.8. The number of carbonyl (C=O) groups excluding carboxylic acids is 1. The summed E-state index contributed by atoms with van der Waals surface area (Å²) < 4.78 is 20.8. The van der Waals surface area contributed by atoms with E-state index in [2.05, 4.69) is 5.16 Å². The van der Waals surface area contributed by atoms with Gasteiger partial charge in [0.05, 0.1) is 12.1 Å². The van der Waals surface area contributed by atoms with Crippen molar-refractivity contribution in [3.8, 4) is 11.5 Å². The van der Waals surface area contributed by atoms with E-state index in [1.807, 2.05) is 0 Å². The van der Waals surface area contributed by atoms with Crippen molar-refractivity contribution in [2.45, 2.75) is 13.2 Å². The first-order valence-electron chi connectivity index (χ1n) is 6.06. The molecule has 0 saturated carbocycles. The molecule has 0 fully saturated rings. The van der Waals surface area contributed by atoms with Crippen LogP contribution >= 0.6 is 11.6 Å². The Bertz CT molecular complexity index is 626. The monoisotopic (exact) mass is 311 g/mol.